The summed E-state index contributed by atoms with van der Waals surface area (Å²) in [7, 11) is 0. The first-order valence-electron chi connectivity index (χ1n) is 6.30. The van der Waals surface area contributed by atoms with Gasteiger partial charge < -0.3 is 11.1 Å². The lowest BCUT2D eigenvalue weighted by Gasteiger charge is -2.23. The summed E-state index contributed by atoms with van der Waals surface area (Å²) in [5.74, 6) is 0.556. The Morgan fingerprint density at radius 2 is 2.17 bits per heavy atom. The van der Waals surface area contributed by atoms with Crippen LogP contribution < -0.4 is 11.1 Å². The van der Waals surface area contributed by atoms with Gasteiger partial charge in [0.25, 0.3) is 0 Å². The standard InChI is InChI=1S/C13H20N4.HI/c14-13(17-12-6-2-1-3-7-12)16-10-11-5-4-8-15-9-11;/h4-5,8-9,12H,1-3,6-7,10H2,(H3,14,16,17);1H. The summed E-state index contributed by atoms with van der Waals surface area (Å²) in [4.78, 5) is 8.38. The van der Waals surface area contributed by atoms with Gasteiger partial charge in [0, 0.05) is 18.4 Å². The maximum atomic E-state index is 5.87. The van der Waals surface area contributed by atoms with Crippen molar-refractivity contribution in [3.05, 3.63) is 30.1 Å². The van der Waals surface area contributed by atoms with Gasteiger partial charge in [-0.1, -0.05) is 25.3 Å². The first-order chi connectivity index (χ1) is 8.34. The summed E-state index contributed by atoms with van der Waals surface area (Å²) in [6, 6.07) is 4.43. The van der Waals surface area contributed by atoms with Crippen molar-refractivity contribution in [2.75, 3.05) is 0 Å². The van der Waals surface area contributed by atoms with E-state index in [0.29, 0.717) is 18.5 Å². The minimum Gasteiger partial charge on any atom is -0.370 e. The van der Waals surface area contributed by atoms with Crippen molar-refractivity contribution in [2.45, 2.75) is 44.7 Å². The van der Waals surface area contributed by atoms with Gasteiger partial charge in [0.05, 0.1) is 6.54 Å². The third-order valence-corrected chi connectivity index (χ3v) is 3.11. The second kappa shape index (κ2) is 8.29. The molecule has 1 saturated carbocycles. The molecule has 0 atom stereocenters. The molecule has 5 heteroatoms. The molecular formula is C13H21IN4. The number of hydrogen-bond donors (Lipinski definition) is 2. The third kappa shape index (κ3) is 5.20. The fourth-order valence-electron chi connectivity index (χ4n) is 2.17. The number of nitrogens with one attached hydrogen (secondary N) is 1. The van der Waals surface area contributed by atoms with Crippen LogP contribution in [0.2, 0.25) is 0 Å². The van der Waals surface area contributed by atoms with Crippen LogP contribution in [0.25, 0.3) is 0 Å². The Bertz CT molecular complexity index is 361. The van der Waals surface area contributed by atoms with Crippen LogP contribution in [-0.2, 0) is 6.54 Å². The van der Waals surface area contributed by atoms with E-state index in [4.69, 9.17) is 5.73 Å². The molecule has 1 aliphatic rings. The smallest absolute Gasteiger partial charge is 0.189 e. The fourth-order valence-corrected chi connectivity index (χ4v) is 2.17. The molecule has 1 aliphatic carbocycles. The number of aliphatic imine (C=N–C) groups is 1. The van der Waals surface area contributed by atoms with Crippen molar-refractivity contribution in [1.82, 2.24) is 10.3 Å². The molecule has 4 nitrogen and oxygen atoms in total. The van der Waals surface area contributed by atoms with E-state index >= 15 is 0 Å². The largest absolute Gasteiger partial charge is 0.370 e. The van der Waals surface area contributed by atoms with E-state index in [1.807, 2.05) is 18.3 Å². The van der Waals surface area contributed by atoms with Gasteiger partial charge in [0.1, 0.15) is 0 Å². The van der Waals surface area contributed by atoms with E-state index in [1.165, 1.54) is 32.1 Å². The van der Waals surface area contributed by atoms with E-state index in [-0.39, 0.29) is 24.0 Å². The second-order valence-electron chi connectivity index (χ2n) is 4.54. The Kier molecular flexibility index (Phi) is 7.00. The molecule has 0 amide bonds. The fraction of sp³-hybridized carbons (Fsp3) is 0.538. The molecule has 0 radical (unpaired) electrons. The van der Waals surface area contributed by atoms with Crippen LogP contribution in [0, 0.1) is 0 Å². The summed E-state index contributed by atoms with van der Waals surface area (Å²) < 4.78 is 0. The molecule has 1 aromatic heterocycles. The first kappa shape index (κ1) is 15.2. The molecule has 1 fully saturated rings. The van der Waals surface area contributed by atoms with Gasteiger partial charge in [-0.05, 0) is 24.5 Å². The number of guanidine groups is 1. The van der Waals surface area contributed by atoms with E-state index < -0.39 is 0 Å². The average Bonchev–Trinajstić information content (AvgIpc) is 2.39. The van der Waals surface area contributed by atoms with Gasteiger partial charge in [0.2, 0.25) is 0 Å². The molecule has 2 rings (SSSR count). The molecule has 3 N–H and O–H groups in total. The molecule has 18 heavy (non-hydrogen) atoms. The van der Waals surface area contributed by atoms with Crippen LogP contribution in [0.3, 0.4) is 0 Å². The normalized spacial score (nSPS) is 17.0. The highest BCUT2D eigenvalue weighted by Gasteiger charge is 2.12. The average molecular weight is 360 g/mol. The van der Waals surface area contributed by atoms with Crippen molar-refractivity contribution in [3.63, 3.8) is 0 Å². The molecule has 0 aromatic carbocycles. The third-order valence-electron chi connectivity index (χ3n) is 3.11. The quantitative estimate of drug-likeness (QED) is 0.495. The topological polar surface area (TPSA) is 63.3 Å². The Hall–Kier alpha value is -0.850. The van der Waals surface area contributed by atoms with Crippen molar-refractivity contribution < 1.29 is 0 Å². The minimum atomic E-state index is 0. The monoisotopic (exact) mass is 360 g/mol. The highest BCUT2D eigenvalue weighted by Crippen LogP contribution is 2.17. The van der Waals surface area contributed by atoms with Gasteiger partial charge >= 0.3 is 0 Å². The number of aromatic nitrogens is 1. The highest BCUT2D eigenvalue weighted by molar-refractivity contribution is 14.0. The Morgan fingerprint density at radius 3 is 2.83 bits per heavy atom. The van der Waals surface area contributed by atoms with Crippen molar-refractivity contribution in [3.8, 4) is 0 Å². The molecule has 1 aromatic rings. The highest BCUT2D eigenvalue weighted by atomic mass is 127. The molecule has 0 aliphatic heterocycles. The lowest BCUT2D eigenvalue weighted by molar-refractivity contribution is 0.412. The number of pyridine rings is 1. The maximum absolute atomic E-state index is 5.87. The SMILES string of the molecule is I.NC(=NCc1cccnc1)NC1CCCCC1. The molecule has 1 heterocycles. The van der Waals surface area contributed by atoms with Crippen LogP contribution in [0.1, 0.15) is 37.7 Å². The first-order valence-corrected chi connectivity index (χ1v) is 6.30. The van der Waals surface area contributed by atoms with E-state index in [0.717, 1.165) is 5.56 Å². The number of nitrogens with two attached hydrogens (primary N) is 1. The van der Waals surface area contributed by atoms with Crippen LogP contribution >= 0.6 is 24.0 Å². The summed E-state index contributed by atoms with van der Waals surface area (Å²) in [5.41, 5.74) is 6.96. The molecule has 0 spiro atoms. The lowest BCUT2D eigenvalue weighted by Crippen LogP contribution is -2.41. The summed E-state index contributed by atoms with van der Waals surface area (Å²) in [6.45, 7) is 0.597. The second-order valence-corrected chi connectivity index (χ2v) is 4.54. The van der Waals surface area contributed by atoms with Gasteiger partial charge in [-0.15, -0.1) is 24.0 Å². The number of rotatable bonds is 3. The van der Waals surface area contributed by atoms with Crippen LogP contribution in [0.5, 0.6) is 0 Å². The Balaban J connectivity index is 0.00000162. The van der Waals surface area contributed by atoms with Crippen molar-refractivity contribution in [1.29, 1.82) is 0 Å². The number of hydrogen-bond acceptors (Lipinski definition) is 2. The van der Waals surface area contributed by atoms with E-state index in [9.17, 15) is 0 Å². The predicted molar refractivity (Wildman–Crippen MR) is 85.0 cm³/mol. The maximum Gasteiger partial charge on any atom is 0.189 e. The van der Waals surface area contributed by atoms with Crippen molar-refractivity contribution in [2.24, 2.45) is 10.7 Å². The van der Waals surface area contributed by atoms with Crippen molar-refractivity contribution >= 4 is 29.9 Å². The van der Waals surface area contributed by atoms with E-state index in [2.05, 4.69) is 15.3 Å². The Morgan fingerprint density at radius 1 is 1.39 bits per heavy atom. The number of nitrogens with zero attached hydrogens (tertiary/aromatic N) is 2. The Labute approximate surface area is 125 Å². The minimum absolute atomic E-state index is 0. The summed E-state index contributed by atoms with van der Waals surface area (Å²) in [6.07, 6.45) is 9.95. The van der Waals surface area contributed by atoms with Gasteiger partial charge in [-0.3, -0.25) is 4.98 Å². The zero-order valence-corrected chi connectivity index (χ0v) is 12.8. The van der Waals surface area contributed by atoms with Gasteiger partial charge in [-0.2, -0.15) is 0 Å². The van der Waals surface area contributed by atoms with E-state index in [1.54, 1.807) is 6.20 Å². The predicted octanol–water partition coefficient (Wildman–Crippen LogP) is 2.44. The van der Waals surface area contributed by atoms with Crippen LogP contribution in [-0.4, -0.2) is 17.0 Å². The molecule has 100 valence electrons. The lowest BCUT2D eigenvalue weighted by atomic mass is 9.96. The summed E-state index contributed by atoms with van der Waals surface area (Å²) >= 11 is 0. The molecule has 0 saturated heterocycles. The molecule has 0 bridgehead atoms. The number of halogens is 1. The summed E-state index contributed by atoms with van der Waals surface area (Å²) in [5, 5.41) is 3.30. The van der Waals surface area contributed by atoms with Crippen LogP contribution in [0.15, 0.2) is 29.5 Å². The van der Waals surface area contributed by atoms with Crippen LogP contribution in [0.4, 0.5) is 0 Å². The molecule has 0 unspecified atom stereocenters. The zero-order valence-electron chi connectivity index (χ0n) is 10.5. The molecular weight excluding hydrogens is 339 g/mol. The van der Waals surface area contributed by atoms with Gasteiger partial charge in [-0.25, -0.2) is 4.99 Å². The van der Waals surface area contributed by atoms with Gasteiger partial charge in [0.15, 0.2) is 5.96 Å². The zero-order chi connectivity index (χ0) is 11.9.